The third-order valence-corrected chi connectivity index (χ3v) is 5.98. The van der Waals surface area contributed by atoms with Gasteiger partial charge in [0, 0.05) is 0 Å². The first-order valence-electron chi connectivity index (χ1n) is 10.1. The lowest BCUT2D eigenvalue weighted by atomic mass is 9.87. The highest BCUT2D eigenvalue weighted by Crippen LogP contribution is 2.33. The molecule has 0 aromatic heterocycles. The number of urea groups is 1. The minimum absolute atomic E-state index is 0.0849. The molecule has 6 nitrogen and oxygen atoms in total. The molecular formula is C23H25N3O3. The summed E-state index contributed by atoms with van der Waals surface area (Å²) in [5.74, 6) is -0.703. The molecule has 0 unspecified atom stereocenters. The second-order valence-electron chi connectivity index (χ2n) is 7.66. The maximum absolute atomic E-state index is 13.2. The molecule has 4 amide bonds. The van der Waals surface area contributed by atoms with Crippen LogP contribution in [-0.4, -0.2) is 29.3 Å². The van der Waals surface area contributed by atoms with Crippen LogP contribution in [0.5, 0.6) is 0 Å². The van der Waals surface area contributed by atoms with Crippen LogP contribution in [0.1, 0.15) is 48.9 Å². The van der Waals surface area contributed by atoms with Gasteiger partial charge in [-0.2, -0.15) is 0 Å². The highest BCUT2D eigenvalue weighted by Gasteiger charge is 2.51. The summed E-state index contributed by atoms with van der Waals surface area (Å²) >= 11 is 0. The van der Waals surface area contributed by atoms with Gasteiger partial charge in [-0.15, -0.1) is 0 Å². The molecule has 1 fully saturated rings. The van der Waals surface area contributed by atoms with Gasteiger partial charge in [0.25, 0.3) is 5.91 Å². The summed E-state index contributed by atoms with van der Waals surface area (Å²) in [6, 6.07) is 16.7. The Balaban J connectivity index is 1.49. The molecule has 29 heavy (non-hydrogen) atoms. The predicted octanol–water partition coefficient (Wildman–Crippen LogP) is 3.04. The number of aryl methyl sites for hydroxylation is 1. The first-order valence-corrected chi connectivity index (χ1v) is 10.1. The normalized spacial score (nSPS) is 23.5. The fourth-order valence-electron chi connectivity index (χ4n) is 4.42. The Morgan fingerprint density at radius 2 is 1.86 bits per heavy atom. The number of fused-ring (bicyclic) bond motifs is 1. The molecule has 2 N–H and O–H groups in total. The molecule has 1 aliphatic carbocycles. The second-order valence-corrected chi connectivity index (χ2v) is 7.66. The van der Waals surface area contributed by atoms with Crippen LogP contribution >= 0.6 is 0 Å². The average molecular weight is 391 g/mol. The summed E-state index contributed by atoms with van der Waals surface area (Å²) in [6.45, 7) is 1.58. The maximum Gasteiger partial charge on any atom is 0.325 e. The van der Waals surface area contributed by atoms with Crippen LogP contribution in [0.25, 0.3) is 0 Å². The van der Waals surface area contributed by atoms with E-state index in [0.717, 1.165) is 35.3 Å². The van der Waals surface area contributed by atoms with Gasteiger partial charge in [0.1, 0.15) is 12.1 Å². The van der Waals surface area contributed by atoms with Crippen molar-refractivity contribution in [3.05, 3.63) is 71.3 Å². The Morgan fingerprint density at radius 1 is 1.14 bits per heavy atom. The third-order valence-electron chi connectivity index (χ3n) is 5.98. The number of nitrogens with zero attached hydrogens (tertiary/aromatic N) is 1. The minimum atomic E-state index is -1.12. The molecule has 0 radical (unpaired) electrons. The van der Waals surface area contributed by atoms with E-state index in [1.807, 2.05) is 55.5 Å². The van der Waals surface area contributed by atoms with E-state index in [0.29, 0.717) is 6.42 Å². The molecule has 2 atom stereocenters. The van der Waals surface area contributed by atoms with Crippen molar-refractivity contribution in [2.75, 3.05) is 6.54 Å². The van der Waals surface area contributed by atoms with Gasteiger partial charge in [0.15, 0.2) is 0 Å². The van der Waals surface area contributed by atoms with E-state index in [2.05, 4.69) is 16.7 Å². The van der Waals surface area contributed by atoms with Crippen molar-refractivity contribution in [2.24, 2.45) is 0 Å². The fourth-order valence-corrected chi connectivity index (χ4v) is 4.42. The van der Waals surface area contributed by atoms with E-state index in [-0.39, 0.29) is 24.4 Å². The SMILES string of the molecule is CC[C@]1(c2ccccc2)NC(=O)N(CC(=O)N[C@H]2CCCc3ccccc32)C1=O. The Bertz CT molecular complexity index is 943. The highest BCUT2D eigenvalue weighted by atomic mass is 16.2. The van der Waals surface area contributed by atoms with Crippen molar-refractivity contribution in [1.29, 1.82) is 0 Å². The number of imide groups is 1. The Hall–Kier alpha value is -3.15. The second kappa shape index (κ2) is 7.70. The molecular weight excluding hydrogens is 366 g/mol. The van der Waals surface area contributed by atoms with Crippen LogP contribution < -0.4 is 10.6 Å². The Kier molecular flexibility index (Phi) is 5.09. The van der Waals surface area contributed by atoms with Crippen molar-refractivity contribution in [2.45, 2.75) is 44.2 Å². The first-order chi connectivity index (χ1) is 14.0. The number of hydrogen-bond acceptors (Lipinski definition) is 3. The summed E-state index contributed by atoms with van der Waals surface area (Å²) in [5, 5.41) is 5.83. The molecule has 1 saturated heterocycles. The van der Waals surface area contributed by atoms with Gasteiger partial charge in [0.2, 0.25) is 5.91 Å². The lowest BCUT2D eigenvalue weighted by Crippen LogP contribution is -2.45. The maximum atomic E-state index is 13.2. The number of carbonyl (C=O) groups is 3. The quantitative estimate of drug-likeness (QED) is 0.769. The molecule has 4 rings (SSSR count). The van der Waals surface area contributed by atoms with Crippen LogP contribution in [0.15, 0.2) is 54.6 Å². The van der Waals surface area contributed by atoms with Gasteiger partial charge in [0.05, 0.1) is 6.04 Å². The standard InChI is InChI=1S/C23H25N3O3/c1-2-23(17-11-4-3-5-12-17)21(28)26(22(29)25-23)15-20(27)24-19-14-8-10-16-9-6-7-13-18(16)19/h3-7,9,11-13,19H,2,8,10,14-15H2,1H3,(H,24,27)(H,25,29)/t19-,23+/m0/s1. The van der Waals surface area contributed by atoms with E-state index in [9.17, 15) is 14.4 Å². The molecule has 0 bridgehead atoms. The van der Waals surface area contributed by atoms with Crippen LogP contribution in [0.2, 0.25) is 0 Å². The molecule has 6 heteroatoms. The van der Waals surface area contributed by atoms with Gasteiger partial charge in [-0.05, 0) is 42.4 Å². The van der Waals surface area contributed by atoms with Crippen molar-refractivity contribution in [3.63, 3.8) is 0 Å². The zero-order valence-electron chi connectivity index (χ0n) is 16.5. The van der Waals surface area contributed by atoms with E-state index in [4.69, 9.17) is 0 Å². The molecule has 1 aliphatic heterocycles. The predicted molar refractivity (Wildman–Crippen MR) is 109 cm³/mol. The summed E-state index contributed by atoms with van der Waals surface area (Å²) < 4.78 is 0. The number of amides is 4. The number of rotatable bonds is 5. The lowest BCUT2D eigenvalue weighted by Gasteiger charge is -2.27. The van der Waals surface area contributed by atoms with Crippen LogP contribution in [0.4, 0.5) is 4.79 Å². The average Bonchev–Trinajstić information content (AvgIpc) is 3.00. The molecule has 150 valence electrons. The summed E-state index contributed by atoms with van der Waals surface area (Å²) in [4.78, 5) is 39.5. The summed E-state index contributed by atoms with van der Waals surface area (Å²) in [5.41, 5.74) is 1.98. The molecule has 0 saturated carbocycles. The number of nitrogens with one attached hydrogen (secondary N) is 2. The largest absolute Gasteiger partial charge is 0.348 e. The molecule has 2 aromatic rings. The lowest BCUT2D eigenvalue weighted by molar-refractivity contribution is -0.135. The highest BCUT2D eigenvalue weighted by molar-refractivity contribution is 6.09. The zero-order valence-corrected chi connectivity index (χ0v) is 16.5. The fraction of sp³-hybridized carbons (Fsp3) is 0.348. The van der Waals surface area contributed by atoms with Gasteiger partial charge in [-0.25, -0.2) is 4.79 Å². The third kappa shape index (κ3) is 3.39. The smallest absolute Gasteiger partial charge is 0.325 e. The van der Waals surface area contributed by atoms with Gasteiger partial charge >= 0.3 is 6.03 Å². The molecule has 2 aromatic carbocycles. The Labute approximate surface area is 170 Å². The first kappa shape index (κ1) is 19.2. The number of benzene rings is 2. The summed E-state index contributed by atoms with van der Waals surface area (Å²) in [6.07, 6.45) is 3.27. The van der Waals surface area contributed by atoms with E-state index >= 15 is 0 Å². The minimum Gasteiger partial charge on any atom is -0.348 e. The molecule has 2 aliphatic rings. The van der Waals surface area contributed by atoms with E-state index < -0.39 is 11.6 Å². The Morgan fingerprint density at radius 3 is 2.62 bits per heavy atom. The van der Waals surface area contributed by atoms with Gasteiger partial charge < -0.3 is 10.6 Å². The van der Waals surface area contributed by atoms with Crippen molar-refractivity contribution < 1.29 is 14.4 Å². The van der Waals surface area contributed by atoms with Crippen molar-refractivity contribution >= 4 is 17.8 Å². The van der Waals surface area contributed by atoms with E-state index in [1.54, 1.807) is 0 Å². The van der Waals surface area contributed by atoms with Crippen molar-refractivity contribution in [3.8, 4) is 0 Å². The van der Waals surface area contributed by atoms with E-state index in [1.165, 1.54) is 5.56 Å². The molecule has 0 spiro atoms. The topological polar surface area (TPSA) is 78.5 Å². The number of hydrogen-bond donors (Lipinski definition) is 2. The van der Waals surface area contributed by atoms with Crippen molar-refractivity contribution in [1.82, 2.24) is 15.5 Å². The van der Waals surface area contributed by atoms with Crippen LogP contribution in [0.3, 0.4) is 0 Å². The monoisotopic (exact) mass is 391 g/mol. The van der Waals surface area contributed by atoms with Gasteiger partial charge in [-0.3, -0.25) is 14.5 Å². The molecule has 1 heterocycles. The number of carbonyl (C=O) groups excluding carboxylic acids is 3. The van der Waals surface area contributed by atoms with Crippen LogP contribution in [0, 0.1) is 0 Å². The van der Waals surface area contributed by atoms with Gasteiger partial charge in [-0.1, -0.05) is 61.5 Å². The zero-order chi connectivity index (χ0) is 20.4. The summed E-state index contributed by atoms with van der Waals surface area (Å²) in [7, 11) is 0. The van der Waals surface area contributed by atoms with Crippen LogP contribution in [-0.2, 0) is 21.5 Å².